The number of benzene rings is 2. The van der Waals surface area contributed by atoms with Crippen molar-refractivity contribution in [1.82, 2.24) is 5.32 Å². The summed E-state index contributed by atoms with van der Waals surface area (Å²) in [7, 11) is 1.91. The summed E-state index contributed by atoms with van der Waals surface area (Å²) in [4.78, 5) is 0. The van der Waals surface area contributed by atoms with Crippen molar-refractivity contribution < 1.29 is 4.74 Å². The first kappa shape index (κ1) is 16.2. The molecule has 2 aromatic rings. The van der Waals surface area contributed by atoms with E-state index in [0.717, 1.165) is 29.9 Å². The number of rotatable bonds is 6. The van der Waals surface area contributed by atoms with Crippen molar-refractivity contribution in [2.45, 2.75) is 19.4 Å². The highest BCUT2D eigenvalue weighted by atomic mass is 35.5. The van der Waals surface area contributed by atoms with Gasteiger partial charge in [0.05, 0.1) is 12.6 Å². The van der Waals surface area contributed by atoms with E-state index >= 15 is 0 Å². The zero-order chi connectivity index (χ0) is 15.2. The van der Waals surface area contributed by atoms with Crippen LogP contribution in [0.4, 0.5) is 0 Å². The van der Waals surface area contributed by atoms with Gasteiger partial charge in [0.25, 0.3) is 0 Å². The minimum Gasteiger partial charge on any atom is -0.494 e. The maximum atomic E-state index is 6.30. The summed E-state index contributed by atoms with van der Waals surface area (Å²) >= 11 is 12.4. The van der Waals surface area contributed by atoms with Gasteiger partial charge in [-0.25, -0.2) is 0 Å². The predicted molar refractivity (Wildman–Crippen MR) is 89.6 cm³/mol. The van der Waals surface area contributed by atoms with Crippen LogP contribution in [0.25, 0.3) is 0 Å². The molecule has 0 aliphatic heterocycles. The fourth-order valence-electron chi connectivity index (χ4n) is 2.21. The lowest BCUT2D eigenvalue weighted by molar-refractivity contribution is 0.317. The van der Waals surface area contributed by atoms with Crippen LogP contribution in [0.15, 0.2) is 42.5 Å². The first-order valence-corrected chi connectivity index (χ1v) is 7.76. The van der Waals surface area contributed by atoms with Gasteiger partial charge in [-0.1, -0.05) is 42.3 Å². The highest BCUT2D eigenvalue weighted by molar-refractivity contribution is 6.33. The molecule has 112 valence electrons. The molecule has 2 rings (SSSR count). The van der Waals surface area contributed by atoms with E-state index in [1.54, 1.807) is 6.07 Å². The van der Waals surface area contributed by atoms with Gasteiger partial charge < -0.3 is 10.1 Å². The molecule has 2 aromatic carbocycles. The Morgan fingerprint density at radius 1 is 1.10 bits per heavy atom. The average Bonchev–Trinajstić information content (AvgIpc) is 2.50. The molecule has 0 saturated heterocycles. The number of hydrogen-bond donors (Lipinski definition) is 1. The highest BCUT2D eigenvalue weighted by Gasteiger charge is 2.15. The topological polar surface area (TPSA) is 21.3 Å². The van der Waals surface area contributed by atoms with Crippen molar-refractivity contribution in [2.75, 3.05) is 13.7 Å². The molecule has 1 unspecified atom stereocenters. The predicted octanol–water partition coefficient (Wildman–Crippen LogP) is 5.09. The monoisotopic (exact) mass is 323 g/mol. The van der Waals surface area contributed by atoms with E-state index in [2.05, 4.69) is 12.2 Å². The standard InChI is InChI=1S/C17H19Cl2NO/c1-3-10-21-14-7-4-12(5-8-14)17(20-2)15-11-13(18)6-9-16(15)19/h4-9,11,17,20H,3,10H2,1-2H3. The molecule has 0 fully saturated rings. The van der Waals surface area contributed by atoms with E-state index in [0.29, 0.717) is 10.0 Å². The van der Waals surface area contributed by atoms with Gasteiger partial charge in [-0.2, -0.15) is 0 Å². The number of nitrogens with one attached hydrogen (secondary N) is 1. The molecular formula is C17H19Cl2NO. The maximum Gasteiger partial charge on any atom is 0.119 e. The van der Waals surface area contributed by atoms with Crippen LogP contribution < -0.4 is 10.1 Å². The zero-order valence-corrected chi connectivity index (χ0v) is 13.7. The second-order valence-electron chi connectivity index (χ2n) is 4.81. The third kappa shape index (κ3) is 4.13. The summed E-state index contributed by atoms with van der Waals surface area (Å²) in [6.45, 7) is 2.82. The van der Waals surface area contributed by atoms with Gasteiger partial charge in [0.1, 0.15) is 5.75 Å². The van der Waals surface area contributed by atoms with Crippen LogP contribution in [0.1, 0.15) is 30.5 Å². The van der Waals surface area contributed by atoms with E-state index in [-0.39, 0.29) is 6.04 Å². The Bertz CT molecular complexity index is 584. The molecule has 0 aliphatic carbocycles. The van der Waals surface area contributed by atoms with Gasteiger partial charge in [-0.05, 0) is 54.9 Å². The summed E-state index contributed by atoms with van der Waals surface area (Å²) in [6.07, 6.45) is 0.999. The van der Waals surface area contributed by atoms with Crippen molar-refractivity contribution in [2.24, 2.45) is 0 Å². The molecule has 4 heteroatoms. The van der Waals surface area contributed by atoms with Gasteiger partial charge in [-0.3, -0.25) is 0 Å². The van der Waals surface area contributed by atoms with Crippen LogP contribution in [0, 0.1) is 0 Å². The van der Waals surface area contributed by atoms with Gasteiger partial charge in [-0.15, -0.1) is 0 Å². The van der Waals surface area contributed by atoms with Crippen LogP contribution >= 0.6 is 23.2 Å². The molecule has 0 spiro atoms. The molecule has 1 atom stereocenters. The molecule has 0 heterocycles. The SMILES string of the molecule is CCCOc1ccc(C(NC)c2cc(Cl)ccc2Cl)cc1. The second kappa shape index (κ2) is 7.69. The molecule has 0 aromatic heterocycles. The Morgan fingerprint density at radius 3 is 2.43 bits per heavy atom. The molecule has 0 aliphatic rings. The lowest BCUT2D eigenvalue weighted by atomic mass is 9.99. The normalized spacial score (nSPS) is 12.2. The molecule has 1 N–H and O–H groups in total. The minimum absolute atomic E-state index is 0.00331. The number of halogens is 2. The Hall–Kier alpha value is -1.22. The minimum atomic E-state index is -0.00331. The number of ether oxygens (including phenoxy) is 1. The summed E-state index contributed by atoms with van der Waals surface area (Å²) in [5, 5.41) is 4.66. The Labute approximate surface area is 136 Å². The molecule has 0 amide bonds. The van der Waals surface area contributed by atoms with Crippen molar-refractivity contribution in [3.05, 3.63) is 63.6 Å². The quantitative estimate of drug-likeness (QED) is 0.799. The second-order valence-corrected chi connectivity index (χ2v) is 5.65. The Morgan fingerprint density at radius 2 is 1.81 bits per heavy atom. The van der Waals surface area contributed by atoms with Crippen molar-refractivity contribution in [3.8, 4) is 5.75 Å². The van der Waals surface area contributed by atoms with Gasteiger partial charge in [0, 0.05) is 10.0 Å². The summed E-state index contributed by atoms with van der Waals surface area (Å²) < 4.78 is 5.60. The van der Waals surface area contributed by atoms with Gasteiger partial charge in [0.15, 0.2) is 0 Å². The van der Waals surface area contributed by atoms with Crippen molar-refractivity contribution in [1.29, 1.82) is 0 Å². The maximum absolute atomic E-state index is 6.30. The molecule has 0 saturated carbocycles. The Kier molecular flexibility index (Phi) is 5.92. The van der Waals surface area contributed by atoms with Crippen LogP contribution in [0.3, 0.4) is 0 Å². The Balaban J connectivity index is 2.26. The molecular weight excluding hydrogens is 305 g/mol. The first-order chi connectivity index (χ1) is 10.2. The third-order valence-corrected chi connectivity index (χ3v) is 3.82. The van der Waals surface area contributed by atoms with Crippen LogP contribution in [0.5, 0.6) is 5.75 Å². The van der Waals surface area contributed by atoms with Crippen LogP contribution in [0.2, 0.25) is 10.0 Å². The average molecular weight is 324 g/mol. The molecule has 0 radical (unpaired) electrons. The van der Waals surface area contributed by atoms with Crippen molar-refractivity contribution in [3.63, 3.8) is 0 Å². The van der Waals surface area contributed by atoms with Crippen LogP contribution in [-0.2, 0) is 0 Å². The van der Waals surface area contributed by atoms with Gasteiger partial charge >= 0.3 is 0 Å². The smallest absolute Gasteiger partial charge is 0.119 e. The highest BCUT2D eigenvalue weighted by Crippen LogP contribution is 2.31. The summed E-state index contributed by atoms with van der Waals surface area (Å²) in [5.41, 5.74) is 2.08. The summed E-state index contributed by atoms with van der Waals surface area (Å²) in [5.74, 6) is 0.882. The number of hydrogen-bond acceptors (Lipinski definition) is 2. The third-order valence-electron chi connectivity index (χ3n) is 3.24. The molecule has 0 bridgehead atoms. The van der Waals surface area contributed by atoms with E-state index in [1.165, 1.54) is 0 Å². The molecule has 21 heavy (non-hydrogen) atoms. The van der Waals surface area contributed by atoms with E-state index in [1.807, 2.05) is 43.4 Å². The van der Waals surface area contributed by atoms with E-state index in [9.17, 15) is 0 Å². The van der Waals surface area contributed by atoms with Gasteiger partial charge in [0.2, 0.25) is 0 Å². The fourth-order valence-corrected chi connectivity index (χ4v) is 2.62. The van der Waals surface area contributed by atoms with Crippen molar-refractivity contribution >= 4 is 23.2 Å². The lowest BCUT2D eigenvalue weighted by Crippen LogP contribution is -2.18. The fraction of sp³-hybridized carbons (Fsp3) is 0.294. The van der Waals surface area contributed by atoms with E-state index < -0.39 is 0 Å². The first-order valence-electron chi connectivity index (χ1n) is 7.00. The zero-order valence-electron chi connectivity index (χ0n) is 12.2. The summed E-state index contributed by atoms with van der Waals surface area (Å²) in [6, 6.07) is 13.6. The largest absolute Gasteiger partial charge is 0.494 e. The van der Waals surface area contributed by atoms with Crippen LogP contribution in [-0.4, -0.2) is 13.7 Å². The lowest BCUT2D eigenvalue weighted by Gasteiger charge is -2.19. The molecule has 2 nitrogen and oxygen atoms in total. The van der Waals surface area contributed by atoms with E-state index in [4.69, 9.17) is 27.9 Å².